The maximum Gasteiger partial charge on any atom is 0.511 e. The van der Waals surface area contributed by atoms with Gasteiger partial charge in [0.15, 0.2) is 0 Å². The molecule has 1 aromatic rings. The molecule has 0 aliphatic heterocycles. The molecule has 0 aromatic heterocycles. The van der Waals surface area contributed by atoms with Gasteiger partial charge < -0.3 is 42.6 Å². The highest BCUT2D eigenvalue weighted by Gasteiger charge is 2.19. The molecular formula is C22H34O11. The fourth-order valence-electron chi connectivity index (χ4n) is 2.31. The predicted octanol–water partition coefficient (Wildman–Crippen LogP) is 2.06. The van der Waals surface area contributed by atoms with Crippen molar-refractivity contribution in [2.24, 2.45) is 0 Å². The van der Waals surface area contributed by atoms with Crippen LogP contribution in [0.5, 0.6) is 5.75 Å². The summed E-state index contributed by atoms with van der Waals surface area (Å²) in [5.41, 5.74) is 0.220. The molecule has 1 rings (SSSR count). The zero-order valence-corrected chi connectivity index (χ0v) is 19.4. The van der Waals surface area contributed by atoms with Crippen molar-refractivity contribution in [3.05, 3.63) is 29.8 Å². The van der Waals surface area contributed by atoms with E-state index in [1.807, 2.05) is 0 Å². The molecule has 0 fully saturated rings. The standard InChI is InChI=1S/C22H34O11/c1-18(32-21(23)19-6-4-5-7-20(19)26-3)33-22(24)31-17-16-30-15-14-29-13-12-28-11-10-27-9-8-25-2/h4-7,18H,8-17H2,1-3H3. The summed E-state index contributed by atoms with van der Waals surface area (Å²) >= 11 is 0. The van der Waals surface area contributed by atoms with Crippen LogP contribution in [0.2, 0.25) is 0 Å². The van der Waals surface area contributed by atoms with Crippen LogP contribution in [0.25, 0.3) is 0 Å². The minimum absolute atomic E-state index is 0.0157. The third kappa shape index (κ3) is 14.3. The summed E-state index contributed by atoms with van der Waals surface area (Å²) < 4.78 is 46.0. The molecular weight excluding hydrogens is 440 g/mol. The molecule has 11 heteroatoms. The van der Waals surface area contributed by atoms with Crippen molar-refractivity contribution in [3.8, 4) is 5.75 Å². The van der Waals surface area contributed by atoms with Gasteiger partial charge in [-0.3, -0.25) is 0 Å². The van der Waals surface area contributed by atoms with Gasteiger partial charge in [-0.1, -0.05) is 12.1 Å². The average Bonchev–Trinajstić information content (AvgIpc) is 2.81. The molecule has 0 amide bonds. The van der Waals surface area contributed by atoms with Gasteiger partial charge in [0.05, 0.1) is 66.6 Å². The Bertz CT molecular complexity index is 653. The highest BCUT2D eigenvalue weighted by atomic mass is 16.8. The molecule has 188 valence electrons. The van der Waals surface area contributed by atoms with Crippen molar-refractivity contribution in [1.29, 1.82) is 0 Å². The third-order valence-corrected chi connectivity index (χ3v) is 3.86. The number of rotatable bonds is 19. The number of methoxy groups -OCH3 is 2. The molecule has 0 radical (unpaired) electrons. The minimum atomic E-state index is -1.14. The Hall–Kier alpha value is -2.44. The Kier molecular flexibility index (Phi) is 16.5. The van der Waals surface area contributed by atoms with Crippen LogP contribution in [0.4, 0.5) is 4.79 Å². The normalized spacial score (nSPS) is 11.6. The quantitative estimate of drug-likeness (QED) is 0.167. The van der Waals surface area contributed by atoms with E-state index in [0.717, 1.165) is 0 Å². The molecule has 1 unspecified atom stereocenters. The molecule has 0 spiro atoms. The van der Waals surface area contributed by atoms with Crippen LogP contribution in [0, 0.1) is 0 Å². The van der Waals surface area contributed by atoms with Crippen LogP contribution in [-0.4, -0.2) is 98.7 Å². The molecule has 1 atom stereocenters. The lowest BCUT2D eigenvalue weighted by Gasteiger charge is -2.15. The van der Waals surface area contributed by atoms with Crippen molar-refractivity contribution >= 4 is 12.1 Å². The molecule has 11 nitrogen and oxygen atoms in total. The molecule has 0 saturated heterocycles. The summed E-state index contributed by atoms with van der Waals surface area (Å²) in [4.78, 5) is 23.8. The van der Waals surface area contributed by atoms with Gasteiger partial charge in [-0.05, 0) is 12.1 Å². The van der Waals surface area contributed by atoms with E-state index in [1.54, 1.807) is 31.4 Å². The van der Waals surface area contributed by atoms with E-state index in [4.69, 9.17) is 42.6 Å². The van der Waals surface area contributed by atoms with E-state index in [0.29, 0.717) is 58.6 Å². The van der Waals surface area contributed by atoms with Gasteiger partial charge in [-0.25, -0.2) is 9.59 Å². The molecule has 0 bridgehead atoms. The number of ether oxygens (including phenoxy) is 9. The first kappa shape index (κ1) is 28.6. The Balaban J connectivity index is 1.97. The van der Waals surface area contributed by atoms with Gasteiger partial charge in [0.1, 0.15) is 17.9 Å². The number of benzene rings is 1. The molecule has 0 heterocycles. The van der Waals surface area contributed by atoms with Crippen LogP contribution in [-0.2, 0) is 37.9 Å². The van der Waals surface area contributed by atoms with Gasteiger partial charge in [-0.2, -0.15) is 0 Å². The number of carbonyl (C=O) groups excluding carboxylic acids is 2. The van der Waals surface area contributed by atoms with Crippen LogP contribution >= 0.6 is 0 Å². The second-order valence-corrected chi connectivity index (χ2v) is 6.33. The minimum Gasteiger partial charge on any atom is -0.496 e. The van der Waals surface area contributed by atoms with E-state index in [1.165, 1.54) is 14.0 Å². The van der Waals surface area contributed by atoms with E-state index < -0.39 is 18.4 Å². The van der Waals surface area contributed by atoms with Crippen molar-refractivity contribution in [2.75, 3.05) is 80.3 Å². The van der Waals surface area contributed by atoms with Gasteiger partial charge in [0.2, 0.25) is 6.29 Å². The smallest absolute Gasteiger partial charge is 0.496 e. The van der Waals surface area contributed by atoms with Gasteiger partial charge in [0, 0.05) is 14.0 Å². The van der Waals surface area contributed by atoms with Gasteiger partial charge >= 0.3 is 12.1 Å². The SMILES string of the molecule is COCCOCCOCCOCCOCCOC(=O)OC(C)OC(=O)c1ccccc1OC. The summed E-state index contributed by atoms with van der Waals surface area (Å²) in [6, 6.07) is 6.55. The fraction of sp³-hybridized carbons (Fsp3) is 0.636. The molecule has 33 heavy (non-hydrogen) atoms. The molecule has 0 saturated carbocycles. The number of hydrogen-bond donors (Lipinski definition) is 0. The van der Waals surface area contributed by atoms with E-state index in [9.17, 15) is 9.59 Å². The van der Waals surface area contributed by atoms with Crippen LogP contribution in [0.15, 0.2) is 24.3 Å². The van der Waals surface area contributed by atoms with Crippen molar-refractivity contribution < 1.29 is 52.2 Å². The van der Waals surface area contributed by atoms with Crippen molar-refractivity contribution in [2.45, 2.75) is 13.2 Å². The monoisotopic (exact) mass is 474 g/mol. The maximum absolute atomic E-state index is 12.1. The zero-order valence-electron chi connectivity index (χ0n) is 19.4. The highest BCUT2D eigenvalue weighted by Crippen LogP contribution is 2.19. The van der Waals surface area contributed by atoms with Crippen LogP contribution in [0.3, 0.4) is 0 Å². The molecule has 0 aliphatic carbocycles. The van der Waals surface area contributed by atoms with Gasteiger partial charge in [0.25, 0.3) is 0 Å². The lowest BCUT2D eigenvalue weighted by atomic mass is 10.2. The van der Waals surface area contributed by atoms with E-state index in [2.05, 4.69) is 0 Å². The van der Waals surface area contributed by atoms with Crippen LogP contribution < -0.4 is 4.74 Å². The van der Waals surface area contributed by atoms with Crippen molar-refractivity contribution in [1.82, 2.24) is 0 Å². The first-order valence-corrected chi connectivity index (χ1v) is 10.6. The largest absolute Gasteiger partial charge is 0.511 e. The molecule has 1 aromatic carbocycles. The lowest BCUT2D eigenvalue weighted by Crippen LogP contribution is -2.23. The second-order valence-electron chi connectivity index (χ2n) is 6.33. The van der Waals surface area contributed by atoms with E-state index in [-0.39, 0.29) is 18.8 Å². The zero-order chi connectivity index (χ0) is 24.2. The lowest BCUT2D eigenvalue weighted by molar-refractivity contribution is -0.0853. The van der Waals surface area contributed by atoms with Crippen LogP contribution in [0.1, 0.15) is 17.3 Å². The fourth-order valence-corrected chi connectivity index (χ4v) is 2.31. The number of para-hydroxylation sites is 1. The average molecular weight is 475 g/mol. The number of hydrogen-bond acceptors (Lipinski definition) is 11. The topological polar surface area (TPSA) is 117 Å². The molecule has 0 N–H and O–H groups in total. The Labute approximate surface area is 194 Å². The highest BCUT2D eigenvalue weighted by molar-refractivity contribution is 5.92. The third-order valence-electron chi connectivity index (χ3n) is 3.86. The Morgan fingerprint density at radius 2 is 1.24 bits per heavy atom. The molecule has 0 aliphatic rings. The number of carbonyl (C=O) groups is 2. The van der Waals surface area contributed by atoms with Crippen molar-refractivity contribution in [3.63, 3.8) is 0 Å². The van der Waals surface area contributed by atoms with Gasteiger partial charge in [-0.15, -0.1) is 0 Å². The van der Waals surface area contributed by atoms with E-state index >= 15 is 0 Å². The predicted molar refractivity (Wildman–Crippen MR) is 115 cm³/mol. The first-order valence-electron chi connectivity index (χ1n) is 10.6. The summed E-state index contributed by atoms with van der Waals surface area (Å²) in [5.74, 6) is -0.328. The second kappa shape index (κ2) is 19.1. The Morgan fingerprint density at radius 1 is 0.727 bits per heavy atom. The maximum atomic E-state index is 12.1. The summed E-state index contributed by atoms with van der Waals surface area (Å²) in [7, 11) is 3.06. The Morgan fingerprint density at radius 3 is 1.79 bits per heavy atom. The summed E-state index contributed by atoms with van der Waals surface area (Å²) in [6.07, 6.45) is -2.11. The summed E-state index contributed by atoms with van der Waals surface area (Å²) in [6.45, 7) is 5.30. The number of esters is 1. The summed E-state index contributed by atoms with van der Waals surface area (Å²) in [5, 5.41) is 0. The first-order chi connectivity index (χ1) is 16.1.